The minimum absolute atomic E-state index is 0.322. The monoisotopic (exact) mass is 235 g/mol. The number of benzene rings is 1. The van der Waals surface area contributed by atoms with E-state index in [4.69, 9.17) is 9.47 Å². The normalized spacial score (nSPS) is 18.1. The number of ether oxygens (including phenoxy) is 2. The van der Waals surface area contributed by atoms with Gasteiger partial charge in [0, 0.05) is 13.1 Å². The third kappa shape index (κ3) is 3.13. The lowest BCUT2D eigenvalue weighted by atomic mass is 10.1. The van der Waals surface area contributed by atoms with Gasteiger partial charge in [-0.3, -0.25) is 0 Å². The zero-order valence-electron chi connectivity index (χ0n) is 10.9. The van der Waals surface area contributed by atoms with Gasteiger partial charge in [-0.1, -0.05) is 6.07 Å². The predicted octanol–water partition coefficient (Wildman–Crippen LogP) is 2.48. The van der Waals surface area contributed by atoms with Crippen LogP contribution in [0.4, 0.5) is 0 Å². The van der Waals surface area contributed by atoms with Crippen molar-refractivity contribution in [1.29, 1.82) is 0 Å². The van der Waals surface area contributed by atoms with Crippen molar-refractivity contribution < 1.29 is 9.47 Å². The summed E-state index contributed by atoms with van der Waals surface area (Å²) in [6.45, 7) is 4.28. The largest absolute Gasteiger partial charge is 0.493 e. The van der Waals surface area contributed by atoms with Gasteiger partial charge < -0.3 is 14.4 Å². The average Bonchev–Trinajstić information content (AvgIpc) is 2.34. The number of piperidine rings is 1. The van der Waals surface area contributed by atoms with Gasteiger partial charge in [-0.25, -0.2) is 0 Å². The van der Waals surface area contributed by atoms with Gasteiger partial charge in [0.1, 0.15) is 6.10 Å². The summed E-state index contributed by atoms with van der Waals surface area (Å²) in [5.41, 5.74) is 1.19. The highest BCUT2D eigenvalue weighted by Crippen LogP contribution is 2.30. The molecular weight excluding hydrogens is 214 g/mol. The molecule has 2 rings (SSSR count). The van der Waals surface area contributed by atoms with Crippen LogP contribution in [-0.2, 0) is 0 Å². The molecule has 3 heteroatoms. The fraction of sp³-hybridized carbons (Fsp3) is 0.571. The van der Waals surface area contributed by atoms with Crippen molar-refractivity contribution in [1.82, 2.24) is 4.90 Å². The lowest BCUT2D eigenvalue weighted by Gasteiger charge is -2.29. The highest BCUT2D eigenvalue weighted by atomic mass is 16.5. The van der Waals surface area contributed by atoms with Crippen LogP contribution in [0.3, 0.4) is 0 Å². The molecule has 17 heavy (non-hydrogen) atoms. The van der Waals surface area contributed by atoms with Crippen molar-refractivity contribution in [3.05, 3.63) is 23.8 Å². The molecule has 0 aliphatic carbocycles. The predicted molar refractivity (Wildman–Crippen MR) is 68.9 cm³/mol. The Morgan fingerprint density at radius 1 is 1.18 bits per heavy atom. The van der Waals surface area contributed by atoms with Crippen molar-refractivity contribution in [2.45, 2.75) is 25.9 Å². The molecule has 0 bridgehead atoms. The molecule has 0 amide bonds. The topological polar surface area (TPSA) is 21.7 Å². The van der Waals surface area contributed by atoms with Crippen LogP contribution in [0.1, 0.15) is 18.4 Å². The number of aryl methyl sites for hydroxylation is 1. The van der Waals surface area contributed by atoms with Crippen LogP contribution in [0.15, 0.2) is 18.2 Å². The third-order valence-electron chi connectivity index (χ3n) is 3.28. The summed E-state index contributed by atoms with van der Waals surface area (Å²) in [4.78, 5) is 2.34. The summed E-state index contributed by atoms with van der Waals surface area (Å²) in [6.07, 6.45) is 2.50. The van der Waals surface area contributed by atoms with Crippen molar-refractivity contribution in [2.75, 3.05) is 27.2 Å². The Morgan fingerprint density at radius 2 is 1.88 bits per heavy atom. The number of rotatable bonds is 3. The quantitative estimate of drug-likeness (QED) is 0.803. The van der Waals surface area contributed by atoms with Crippen molar-refractivity contribution in [3.63, 3.8) is 0 Å². The first-order valence-corrected chi connectivity index (χ1v) is 6.19. The molecule has 1 aromatic rings. The standard InChI is InChI=1S/C14H21NO2/c1-11-4-5-13(14(10-11)16-3)17-12-6-8-15(2)9-7-12/h4-5,10,12H,6-9H2,1-3H3. The van der Waals surface area contributed by atoms with E-state index in [1.165, 1.54) is 5.56 Å². The van der Waals surface area contributed by atoms with Gasteiger partial charge >= 0.3 is 0 Å². The number of likely N-dealkylation sites (tertiary alicyclic amines) is 1. The molecule has 1 saturated heterocycles. The van der Waals surface area contributed by atoms with Gasteiger partial charge in [-0.15, -0.1) is 0 Å². The van der Waals surface area contributed by atoms with Gasteiger partial charge in [0.05, 0.1) is 7.11 Å². The zero-order valence-corrected chi connectivity index (χ0v) is 10.9. The van der Waals surface area contributed by atoms with Crippen LogP contribution in [0.2, 0.25) is 0 Å². The van der Waals surface area contributed by atoms with Gasteiger partial charge in [0.25, 0.3) is 0 Å². The molecule has 1 heterocycles. The summed E-state index contributed by atoms with van der Waals surface area (Å²) in [6, 6.07) is 6.09. The molecule has 0 N–H and O–H groups in total. The van der Waals surface area contributed by atoms with E-state index in [0.717, 1.165) is 37.4 Å². The number of nitrogens with zero attached hydrogens (tertiary/aromatic N) is 1. The maximum Gasteiger partial charge on any atom is 0.161 e. The van der Waals surface area contributed by atoms with Crippen LogP contribution < -0.4 is 9.47 Å². The van der Waals surface area contributed by atoms with Crippen LogP contribution >= 0.6 is 0 Å². The van der Waals surface area contributed by atoms with E-state index >= 15 is 0 Å². The van der Waals surface area contributed by atoms with Crippen LogP contribution in [0.25, 0.3) is 0 Å². The smallest absolute Gasteiger partial charge is 0.161 e. The molecule has 0 aromatic heterocycles. The minimum atomic E-state index is 0.322. The summed E-state index contributed by atoms with van der Waals surface area (Å²) < 4.78 is 11.4. The van der Waals surface area contributed by atoms with Crippen LogP contribution in [-0.4, -0.2) is 38.3 Å². The fourth-order valence-corrected chi connectivity index (χ4v) is 2.15. The molecule has 1 fully saturated rings. The van der Waals surface area contributed by atoms with Crippen molar-refractivity contribution in [2.24, 2.45) is 0 Å². The summed E-state index contributed by atoms with van der Waals surface area (Å²) >= 11 is 0. The molecule has 1 aromatic carbocycles. The molecule has 1 aliphatic rings. The summed E-state index contributed by atoms with van der Waals surface area (Å²) in [5, 5.41) is 0. The highest BCUT2D eigenvalue weighted by Gasteiger charge is 2.19. The molecule has 0 saturated carbocycles. The van der Waals surface area contributed by atoms with Crippen molar-refractivity contribution >= 4 is 0 Å². The first kappa shape index (κ1) is 12.2. The van der Waals surface area contributed by atoms with E-state index in [-0.39, 0.29) is 0 Å². The van der Waals surface area contributed by atoms with E-state index in [9.17, 15) is 0 Å². The Bertz CT molecular complexity index is 370. The molecule has 0 unspecified atom stereocenters. The Balaban J connectivity index is 2.03. The molecular formula is C14H21NO2. The third-order valence-corrected chi connectivity index (χ3v) is 3.28. The number of hydrogen-bond acceptors (Lipinski definition) is 3. The van der Waals surface area contributed by atoms with Crippen LogP contribution in [0, 0.1) is 6.92 Å². The number of methoxy groups -OCH3 is 1. The Kier molecular flexibility index (Phi) is 3.89. The van der Waals surface area contributed by atoms with E-state index in [0.29, 0.717) is 6.10 Å². The Morgan fingerprint density at radius 3 is 2.53 bits per heavy atom. The fourth-order valence-electron chi connectivity index (χ4n) is 2.15. The second-order valence-corrected chi connectivity index (χ2v) is 4.77. The average molecular weight is 235 g/mol. The first-order chi connectivity index (χ1) is 8.19. The van der Waals surface area contributed by atoms with Crippen molar-refractivity contribution in [3.8, 4) is 11.5 Å². The zero-order chi connectivity index (χ0) is 12.3. The molecule has 0 spiro atoms. The summed E-state index contributed by atoms with van der Waals surface area (Å²) in [5.74, 6) is 1.71. The maximum atomic E-state index is 6.03. The van der Waals surface area contributed by atoms with E-state index < -0.39 is 0 Å². The van der Waals surface area contributed by atoms with Gasteiger partial charge in [0.15, 0.2) is 11.5 Å². The first-order valence-electron chi connectivity index (χ1n) is 6.19. The number of hydrogen-bond donors (Lipinski definition) is 0. The Hall–Kier alpha value is -1.22. The van der Waals surface area contributed by atoms with E-state index in [2.05, 4.69) is 24.9 Å². The van der Waals surface area contributed by atoms with Crippen LogP contribution in [0.5, 0.6) is 11.5 Å². The Labute approximate surface area is 103 Å². The van der Waals surface area contributed by atoms with Gasteiger partial charge in [-0.2, -0.15) is 0 Å². The van der Waals surface area contributed by atoms with E-state index in [1.807, 2.05) is 12.1 Å². The molecule has 1 aliphatic heterocycles. The molecule has 0 atom stereocenters. The SMILES string of the molecule is COc1cc(C)ccc1OC1CCN(C)CC1. The molecule has 94 valence electrons. The second-order valence-electron chi connectivity index (χ2n) is 4.77. The van der Waals surface area contributed by atoms with E-state index in [1.54, 1.807) is 7.11 Å². The van der Waals surface area contributed by atoms with Gasteiger partial charge in [0.2, 0.25) is 0 Å². The lowest BCUT2D eigenvalue weighted by Crippen LogP contribution is -2.35. The van der Waals surface area contributed by atoms with Gasteiger partial charge in [-0.05, 0) is 44.5 Å². The second kappa shape index (κ2) is 5.41. The minimum Gasteiger partial charge on any atom is -0.493 e. The molecule has 0 radical (unpaired) electrons. The summed E-state index contributed by atoms with van der Waals surface area (Å²) in [7, 11) is 3.85. The lowest BCUT2D eigenvalue weighted by molar-refractivity contribution is 0.111. The molecule has 3 nitrogen and oxygen atoms in total. The maximum absolute atomic E-state index is 6.03. The highest BCUT2D eigenvalue weighted by molar-refractivity contribution is 5.42.